The summed E-state index contributed by atoms with van der Waals surface area (Å²) >= 11 is 5.98. The number of nitro groups is 1. The molecule has 2 amide bonds. The highest BCUT2D eigenvalue weighted by Gasteiger charge is 2.35. The van der Waals surface area contributed by atoms with Gasteiger partial charge in [-0.1, -0.05) is 29.8 Å². The number of nitro benzene ring substituents is 1. The van der Waals surface area contributed by atoms with E-state index in [0.29, 0.717) is 5.69 Å². The number of non-ortho nitro benzene ring substituents is 1. The van der Waals surface area contributed by atoms with Gasteiger partial charge in [0.05, 0.1) is 17.7 Å². The number of amides is 2. The Morgan fingerprint density at radius 1 is 1.06 bits per heavy atom. The number of para-hydroxylation sites is 1. The zero-order valence-corrected chi connectivity index (χ0v) is 18.8. The number of esters is 1. The number of methoxy groups -OCH3 is 1. The second kappa shape index (κ2) is 9.65. The largest absolute Gasteiger partial charge is 0.496 e. The SMILES string of the molecule is COc1ccc(Cl)cc1C(=O)Oc1ccc([N+](=O)[O-])cc1/C=C1/C(=O)NN(c2ccccc2)C1=O. The van der Waals surface area contributed by atoms with Crippen LogP contribution in [0.4, 0.5) is 11.4 Å². The molecule has 3 aromatic rings. The highest BCUT2D eigenvalue weighted by Crippen LogP contribution is 2.31. The average molecular weight is 494 g/mol. The minimum atomic E-state index is -0.856. The van der Waals surface area contributed by atoms with Crippen molar-refractivity contribution in [2.75, 3.05) is 12.1 Å². The highest BCUT2D eigenvalue weighted by molar-refractivity contribution is 6.32. The van der Waals surface area contributed by atoms with Crippen molar-refractivity contribution >= 4 is 46.8 Å². The molecule has 1 N–H and O–H groups in total. The molecule has 1 saturated heterocycles. The number of hydrogen-bond donors (Lipinski definition) is 1. The van der Waals surface area contributed by atoms with Crippen molar-refractivity contribution in [3.8, 4) is 11.5 Å². The molecule has 10 nitrogen and oxygen atoms in total. The summed E-state index contributed by atoms with van der Waals surface area (Å²) in [4.78, 5) is 49.0. The Balaban J connectivity index is 1.73. The van der Waals surface area contributed by atoms with Crippen LogP contribution in [0.15, 0.2) is 72.3 Å². The van der Waals surface area contributed by atoms with Gasteiger partial charge in [0.2, 0.25) is 0 Å². The van der Waals surface area contributed by atoms with Crippen molar-refractivity contribution in [3.63, 3.8) is 0 Å². The molecule has 4 rings (SSSR count). The molecular weight excluding hydrogens is 478 g/mol. The summed E-state index contributed by atoms with van der Waals surface area (Å²) in [5.74, 6) is -2.18. The standard InChI is InChI=1S/C24H16ClN3O7/c1-34-21-9-7-15(25)13-18(21)24(31)35-20-10-8-17(28(32)33)11-14(20)12-19-22(29)26-27(23(19)30)16-5-3-2-4-6-16/h2-13H,1H3,(H,26,29)/b19-12-. The molecule has 1 aliphatic rings. The average Bonchev–Trinajstić information content (AvgIpc) is 3.13. The van der Waals surface area contributed by atoms with Crippen LogP contribution in [0.1, 0.15) is 15.9 Å². The first-order chi connectivity index (χ1) is 16.8. The summed E-state index contributed by atoms with van der Waals surface area (Å²) in [5.41, 5.74) is 2.22. The van der Waals surface area contributed by atoms with Gasteiger partial charge in [0, 0.05) is 22.7 Å². The Hall–Kier alpha value is -4.70. The van der Waals surface area contributed by atoms with Gasteiger partial charge in [0.1, 0.15) is 22.6 Å². The van der Waals surface area contributed by atoms with Crippen LogP contribution in [-0.2, 0) is 9.59 Å². The van der Waals surface area contributed by atoms with Crippen molar-refractivity contribution in [3.05, 3.63) is 98.6 Å². The molecule has 0 unspecified atom stereocenters. The molecule has 0 aromatic heterocycles. The van der Waals surface area contributed by atoms with Crippen molar-refractivity contribution in [1.29, 1.82) is 0 Å². The Morgan fingerprint density at radius 3 is 2.46 bits per heavy atom. The van der Waals surface area contributed by atoms with E-state index >= 15 is 0 Å². The summed E-state index contributed by atoms with van der Waals surface area (Å²) in [7, 11) is 1.37. The quantitative estimate of drug-likeness (QED) is 0.137. The van der Waals surface area contributed by atoms with Crippen LogP contribution in [-0.4, -0.2) is 29.8 Å². The van der Waals surface area contributed by atoms with Gasteiger partial charge in [-0.05, 0) is 42.5 Å². The molecule has 35 heavy (non-hydrogen) atoms. The second-order valence-corrected chi connectivity index (χ2v) is 7.62. The van der Waals surface area contributed by atoms with Gasteiger partial charge in [-0.3, -0.25) is 25.1 Å². The van der Waals surface area contributed by atoms with Gasteiger partial charge in [-0.25, -0.2) is 9.80 Å². The highest BCUT2D eigenvalue weighted by atomic mass is 35.5. The van der Waals surface area contributed by atoms with E-state index in [2.05, 4.69) is 5.43 Å². The van der Waals surface area contributed by atoms with Gasteiger partial charge >= 0.3 is 5.97 Å². The van der Waals surface area contributed by atoms with Crippen LogP contribution < -0.4 is 19.9 Å². The van der Waals surface area contributed by atoms with Gasteiger partial charge in [0.25, 0.3) is 17.5 Å². The number of carbonyl (C=O) groups is 3. The Kier molecular flexibility index (Phi) is 6.47. The maximum Gasteiger partial charge on any atom is 0.347 e. The number of benzene rings is 3. The summed E-state index contributed by atoms with van der Waals surface area (Å²) in [5, 5.41) is 12.6. The molecule has 0 saturated carbocycles. The summed E-state index contributed by atoms with van der Waals surface area (Å²) in [6, 6.07) is 16.2. The summed E-state index contributed by atoms with van der Waals surface area (Å²) in [6.07, 6.45) is 1.13. The topological polar surface area (TPSA) is 128 Å². The lowest BCUT2D eigenvalue weighted by Gasteiger charge is -2.14. The number of carbonyl (C=O) groups excluding carboxylic acids is 3. The van der Waals surface area contributed by atoms with Crippen LogP contribution in [0.5, 0.6) is 11.5 Å². The van der Waals surface area contributed by atoms with E-state index < -0.39 is 22.7 Å². The number of hydrogen-bond acceptors (Lipinski definition) is 7. The van der Waals surface area contributed by atoms with Crippen LogP contribution in [0, 0.1) is 10.1 Å². The maximum atomic E-state index is 12.9. The summed E-state index contributed by atoms with van der Waals surface area (Å²) < 4.78 is 10.6. The Morgan fingerprint density at radius 2 is 1.77 bits per heavy atom. The van der Waals surface area contributed by atoms with Crippen LogP contribution in [0.3, 0.4) is 0 Å². The van der Waals surface area contributed by atoms with Crippen molar-refractivity contribution in [2.45, 2.75) is 0 Å². The molecule has 1 fully saturated rings. The minimum absolute atomic E-state index is 0.0156. The third kappa shape index (κ3) is 4.82. The molecule has 176 valence electrons. The lowest BCUT2D eigenvalue weighted by Crippen LogP contribution is -2.35. The lowest BCUT2D eigenvalue weighted by atomic mass is 10.1. The van der Waals surface area contributed by atoms with E-state index in [1.165, 1.54) is 31.4 Å². The fourth-order valence-corrected chi connectivity index (χ4v) is 3.49. The van der Waals surface area contributed by atoms with E-state index in [0.717, 1.165) is 23.2 Å². The molecule has 1 heterocycles. The zero-order chi connectivity index (χ0) is 25.1. The smallest absolute Gasteiger partial charge is 0.347 e. The molecule has 0 aliphatic carbocycles. The zero-order valence-electron chi connectivity index (χ0n) is 18.1. The first-order valence-electron chi connectivity index (χ1n) is 10.0. The van der Waals surface area contributed by atoms with Gasteiger partial charge in [-0.2, -0.15) is 0 Å². The Labute approximate surface area is 203 Å². The summed E-state index contributed by atoms with van der Waals surface area (Å²) in [6.45, 7) is 0. The first kappa shape index (κ1) is 23.5. The van der Waals surface area contributed by atoms with E-state index in [1.807, 2.05) is 0 Å². The predicted molar refractivity (Wildman–Crippen MR) is 126 cm³/mol. The Bertz CT molecular complexity index is 1390. The predicted octanol–water partition coefficient (Wildman–Crippen LogP) is 3.94. The van der Waals surface area contributed by atoms with E-state index in [9.17, 15) is 24.5 Å². The van der Waals surface area contributed by atoms with Gasteiger partial charge < -0.3 is 9.47 Å². The molecule has 0 atom stereocenters. The fraction of sp³-hybridized carbons (Fsp3) is 0.0417. The number of ether oxygens (including phenoxy) is 2. The maximum absolute atomic E-state index is 12.9. The van der Waals surface area contributed by atoms with E-state index in [4.69, 9.17) is 21.1 Å². The number of halogens is 1. The molecule has 11 heteroatoms. The molecule has 1 aliphatic heterocycles. The fourth-order valence-electron chi connectivity index (χ4n) is 3.32. The van der Waals surface area contributed by atoms with Gasteiger partial charge in [0.15, 0.2) is 0 Å². The molecule has 0 radical (unpaired) electrons. The third-order valence-corrected chi connectivity index (χ3v) is 5.23. The number of rotatable bonds is 6. The van der Waals surface area contributed by atoms with Crippen molar-refractivity contribution in [1.82, 2.24) is 5.43 Å². The van der Waals surface area contributed by atoms with Crippen molar-refractivity contribution in [2.24, 2.45) is 0 Å². The van der Waals surface area contributed by atoms with Crippen LogP contribution in [0.25, 0.3) is 6.08 Å². The van der Waals surface area contributed by atoms with E-state index in [-0.39, 0.29) is 38.9 Å². The normalized spacial score (nSPS) is 14.1. The second-order valence-electron chi connectivity index (χ2n) is 7.19. The van der Waals surface area contributed by atoms with Gasteiger partial charge in [-0.15, -0.1) is 0 Å². The monoisotopic (exact) mass is 493 g/mol. The van der Waals surface area contributed by atoms with Crippen LogP contribution in [0.2, 0.25) is 5.02 Å². The lowest BCUT2D eigenvalue weighted by molar-refractivity contribution is -0.384. The van der Waals surface area contributed by atoms with Crippen LogP contribution >= 0.6 is 11.6 Å². The van der Waals surface area contributed by atoms with Crippen molar-refractivity contribution < 1.29 is 28.8 Å². The molecular formula is C24H16ClN3O7. The third-order valence-electron chi connectivity index (χ3n) is 4.99. The molecule has 3 aromatic carbocycles. The number of nitrogens with zero attached hydrogens (tertiary/aromatic N) is 2. The van der Waals surface area contributed by atoms with E-state index in [1.54, 1.807) is 30.3 Å². The number of anilines is 1. The number of nitrogens with one attached hydrogen (secondary N) is 1. The molecule has 0 bridgehead atoms. The first-order valence-corrected chi connectivity index (χ1v) is 10.4. The molecule has 0 spiro atoms. The number of hydrazine groups is 1. The minimum Gasteiger partial charge on any atom is -0.496 e.